The Balaban J connectivity index is -0.000000478. The fourth-order valence-electron chi connectivity index (χ4n) is 2.21. The largest absolute Gasteiger partial charge is 0.399 e. The summed E-state index contributed by atoms with van der Waals surface area (Å²) in [6.45, 7) is 17.0. The number of anilines is 1. The summed E-state index contributed by atoms with van der Waals surface area (Å²) >= 11 is 0. The van der Waals surface area contributed by atoms with Crippen molar-refractivity contribution in [2.24, 2.45) is 11.5 Å². The first-order chi connectivity index (χ1) is 19.7. The number of amides is 1. The lowest BCUT2D eigenvalue weighted by atomic mass is 10.1. The summed E-state index contributed by atoms with van der Waals surface area (Å²) in [6.07, 6.45) is 0. The number of carbonyl (C=O) groups excluding carboxylic acids is 3. The number of carbonyl (C=O) groups is 3. The number of nitrogen functional groups attached to an aromatic ring is 1. The van der Waals surface area contributed by atoms with Crippen LogP contribution in [0.1, 0.15) is 52.7 Å². The van der Waals surface area contributed by atoms with Crippen LogP contribution in [0.5, 0.6) is 0 Å². The Labute approximate surface area is 247 Å². The van der Waals surface area contributed by atoms with Crippen LogP contribution in [0.25, 0.3) is 13.2 Å². The van der Waals surface area contributed by atoms with Gasteiger partial charge in [-0.1, -0.05) is 49.0 Å². The number of hydrogen-bond acceptors (Lipinski definition) is 7. The Morgan fingerprint density at radius 2 is 1.33 bits per heavy atom. The number of rotatable bonds is 1. The lowest BCUT2D eigenvalue weighted by Crippen LogP contribution is -2.09. The molecule has 2 rings (SSSR count). The molecule has 0 unspecified atom stereocenters. The molecule has 2 aromatic rings. The summed E-state index contributed by atoms with van der Waals surface area (Å²) in [5.41, 5.74) is 16.4. The molecule has 0 heterocycles. The van der Waals surface area contributed by atoms with E-state index in [1.165, 1.54) is 32.0 Å². The van der Waals surface area contributed by atoms with Crippen LogP contribution in [0.3, 0.4) is 0 Å². The van der Waals surface area contributed by atoms with Gasteiger partial charge in [-0.2, -0.15) is 0 Å². The number of nitro groups is 1. The van der Waals surface area contributed by atoms with E-state index in [2.05, 4.69) is 72.2 Å². The third-order valence-corrected chi connectivity index (χ3v) is 3.64. The van der Waals surface area contributed by atoms with Crippen molar-refractivity contribution >= 4 is 42.0 Å². The summed E-state index contributed by atoms with van der Waals surface area (Å²) in [4.78, 5) is 39.3. The Hall–Kier alpha value is -6.21. The number of hydrogen-bond donors (Lipinski definition) is 3. The summed E-state index contributed by atoms with van der Waals surface area (Å²) in [7, 11) is 0. The molecule has 42 heavy (non-hydrogen) atoms. The number of primary amides is 1. The van der Waals surface area contributed by atoms with Gasteiger partial charge in [-0.3, -0.25) is 24.5 Å². The average molecular weight is 567 g/mol. The van der Waals surface area contributed by atoms with Crippen LogP contribution in [0.4, 0.5) is 11.4 Å². The molecule has 9 heteroatoms. The highest BCUT2D eigenvalue weighted by atomic mass is 16.6. The van der Waals surface area contributed by atoms with Crippen molar-refractivity contribution in [3.8, 4) is 59.3 Å². The molecule has 0 radical (unpaired) electrons. The van der Waals surface area contributed by atoms with Gasteiger partial charge in [0.25, 0.3) is 11.5 Å². The fourth-order valence-corrected chi connectivity index (χ4v) is 2.21. The molecule has 0 aliphatic rings. The third kappa shape index (κ3) is 24.1. The van der Waals surface area contributed by atoms with Crippen LogP contribution in [-0.4, -0.2) is 22.4 Å². The third-order valence-electron chi connectivity index (χ3n) is 3.64. The van der Waals surface area contributed by atoms with Crippen LogP contribution in [0, 0.1) is 69.4 Å². The van der Waals surface area contributed by atoms with Crippen molar-refractivity contribution in [1.29, 1.82) is 0 Å². The maximum Gasteiger partial charge on any atom is 0.285 e. The van der Waals surface area contributed by atoms with E-state index in [4.69, 9.17) is 11.5 Å². The van der Waals surface area contributed by atoms with Gasteiger partial charge in [0.15, 0.2) is 0 Å². The Kier molecular flexibility index (Phi) is 24.1. The highest BCUT2D eigenvalue weighted by molar-refractivity contribution is 6.08. The van der Waals surface area contributed by atoms with E-state index in [9.17, 15) is 24.5 Å². The number of nitro benzene ring substituents is 1. The molecule has 0 aliphatic heterocycles. The fraction of sp³-hybridized carbons (Fsp3) is 0.182. The second-order valence-corrected chi connectivity index (χ2v) is 7.29. The van der Waals surface area contributed by atoms with Crippen molar-refractivity contribution in [2.45, 2.75) is 41.5 Å². The van der Waals surface area contributed by atoms with Gasteiger partial charge in [-0.05, 0) is 68.2 Å². The van der Waals surface area contributed by atoms with Crippen molar-refractivity contribution < 1.29 is 19.3 Å². The maximum atomic E-state index is 10.5. The number of ketones is 2. The summed E-state index contributed by atoms with van der Waals surface area (Å²) in [5.74, 6) is 21.6. The van der Waals surface area contributed by atoms with E-state index in [1.54, 1.807) is 20.8 Å². The maximum absolute atomic E-state index is 10.5. The molecule has 1 amide bonds. The molecule has 2 aromatic carbocycles. The van der Waals surface area contributed by atoms with Crippen LogP contribution in [0.2, 0.25) is 0 Å². The van der Waals surface area contributed by atoms with Gasteiger partial charge in [0.2, 0.25) is 11.7 Å². The van der Waals surface area contributed by atoms with E-state index in [1.807, 2.05) is 31.2 Å². The van der Waals surface area contributed by atoms with Crippen LogP contribution < -0.4 is 27.6 Å². The molecule has 0 saturated heterocycles. The Bertz CT molecular complexity index is 1640. The predicted octanol–water partition coefficient (Wildman–Crippen LogP) is 2.02. The smallest absolute Gasteiger partial charge is 0.285 e. The molecule has 0 bridgehead atoms. The number of nitrogens with zero attached hydrogens (tertiary/aromatic N) is 1. The average Bonchev–Trinajstić information content (AvgIpc) is 2.88. The monoisotopic (exact) mass is 566 g/mol. The van der Waals surface area contributed by atoms with Gasteiger partial charge in [0, 0.05) is 43.1 Å². The van der Waals surface area contributed by atoms with Gasteiger partial charge in [-0.15, -0.1) is 11.8 Å². The minimum absolute atomic E-state index is 0.0106. The molecule has 0 aliphatic carbocycles. The second-order valence-electron chi connectivity index (χ2n) is 7.29. The molecule has 6 N–H and O–H groups in total. The first kappa shape index (κ1) is 40.3. The molecule has 216 valence electrons. The molecule has 0 aromatic heterocycles. The van der Waals surface area contributed by atoms with E-state index in [0.29, 0.717) is 11.3 Å². The van der Waals surface area contributed by atoms with Gasteiger partial charge in [-0.25, -0.2) is 0 Å². The van der Waals surface area contributed by atoms with Gasteiger partial charge in [0.05, 0.1) is 4.92 Å². The van der Waals surface area contributed by atoms with Gasteiger partial charge in [0.1, 0.15) is 5.56 Å². The van der Waals surface area contributed by atoms with E-state index >= 15 is 0 Å². The van der Waals surface area contributed by atoms with Crippen LogP contribution >= 0.6 is 0 Å². The molecule has 0 atom stereocenters. The summed E-state index contributed by atoms with van der Waals surface area (Å²) in [5, 5.41) is 12.5. The van der Waals surface area contributed by atoms with Crippen molar-refractivity contribution in [1.82, 2.24) is 0 Å². The molecule has 0 saturated carbocycles. The standard InChI is InChI=1S/C11H10.C9H8N2O2.C6H5NO.C5H6O.C2H5NO/c1-4-5-11-8-9(2)6-7-10(11)3;1-2-3-7-6-8(10)4-5-9(7)11(12)13;1-2-3-6(8)4-5-7;1-3-4-5(2)6;1-2(3)4/h6-8H,2-3H2,1H3;4-6H,10H2,1H3;7H2,1H3;1-2H3;1H3,(H2,3,4). The van der Waals surface area contributed by atoms with Crippen LogP contribution in [-0.2, 0) is 14.4 Å². The predicted molar refractivity (Wildman–Crippen MR) is 169 cm³/mol. The zero-order valence-electron chi connectivity index (χ0n) is 24.6. The molecular weight excluding hydrogens is 532 g/mol. The lowest BCUT2D eigenvalue weighted by molar-refractivity contribution is -0.385. The minimum Gasteiger partial charge on any atom is -0.399 e. The lowest BCUT2D eigenvalue weighted by Gasteiger charge is -1.96. The number of nitrogens with two attached hydrogens (primary N) is 3. The topological polar surface area (TPSA) is 172 Å². The second kappa shape index (κ2) is 25.1. The SMILES string of the molecule is C=c1ccc(=C)c(C#CC)c1.CC#CC(=O)C#CN.CC#CC(C)=O.CC#Cc1cc(N)ccc1[N+](=O)[O-].CC(N)=O. The van der Waals surface area contributed by atoms with Gasteiger partial charge < -0.3 is 17.2 Å². The van der Waals surface area contributed by atoms with Gasteiger partial charge >= 0.3 is 0 Å². The molecule has 9 nitrogen and oxygen atoms in total. The first-order valence-corrected chi connectivity index (χ1v) is 11.8. The van der Waals surface area contributed by atoms with E-state index < -0.39 is 10.7 Å². The highest BCUT2D eigenvalue weighted by Crippen LogP contribution is 2.19. The summed E-state index contributed by atoms with van der Waals surface area (Å²) in [6, 6.07) is 12.1. The minimum atomic E-state index is -0.473. The number of Topliss-reactive ketones (excluding diaryl/α,β-unsaturated/α-hetero) is 2. The Morgan fingerprint density at radius 3 is 1.74 bits per heavy atom. The quantitative estimate of drug-likeness (QED) is 0.118. The van der Waals surface area contributed by atoms with Crippen molar-refractivity contribution in [2.75, 3.05) is 5.73 Å². The normalized spacial score (nSPS) is 7.29. The zero-order valence-corrected chi connectivity index (χ0v) is 24.6. The zero-order chi connectivity index (χ0) is 33.1. The van der Waals surface area contributed by atoms with E-state index in [0.717, 1.165) is 16.0 Å². The first-order valence-electron chi connectivity index (χ1n) is 11.8. The highest BCUT2D eigenvalue weighted by Gasteiger charge is 2.10. The Morgan fingerprint density at radius 1 is 0.810 bits per heavy atom. The van der Waals surface area contributed by atoms with Crippen molar-refractivity contribution in [3.63, 3.8) is 0 Å². The molecule has 0 spiro atoms. The number of benzene rings is 2. The van der Waals surface area contributed by atoms with Crippen LogP contribution in [0.15, 0.2) is 36.4 Å². The van der Waals surface area contributed by atoms with Crippen molar-refractivity contribution in [3.05, 3.63) is 68.1 Å². The summed E-state index contributed by atoms with van der Waals surface area (Å²) < 4.78 is 0. The van der Waals surface area contributed by atoms with E-state index in [-0.39, 0.29) is 17.4 Å². The molecule has 0 fully saturated rings. The molecular formula is C33H34N4O5.